The molecule has 0 aromatic heterocycles. The lowest BCUT2D eigenvalue weighted by atomic mass is 10.2. The largest absolute Gasteiger partial charge is 0.834 e. The van der Waals surface area contributed by atoms with Crippen LogP contribution in [-0.4, -0.2) is 47.8 Å². The van der Waals surface area contributed by atoms with Gasteiger partial charge in [-0.25, -0.2) is 9.59 Å². The number of amides is 7. The van der Waals surface area contributed by atoms with E-state index in [2.05, 4.69) is 4.99 Å². The van der Waals surface area contributed by atoms with Crippen LogP contribution in [0.15, 0.2) is 4.99 Å². The molecule has 2 heterocycles. The lowest BCUT2D eigenvalue weighted by Gasteiger charge is -2.33. The molecule has 0 aromatic carbocycles. The van der Waals surface area contributed by atoms with Crippen LogP contribution in [0.1, 0.15) is 0 Å². The maximum absolute atomic E-state index is 11.4. The summed E-state index contributed by atoms with van der Waals surface area (Å²) in [4.78, 5) is 59.0. The first-order valence-electron chi connectivity index (χ1n) is 4.90. The summed E-state index contributed by atoms with van der Waals surface area (Å²) in [6, 6.07) is -3.71. The van der Waals surface area contributed by atoms with Crippen LogP contribution >= 0.6 is 0 Å². The molecular formula is C8H10N6O6. The smallest absolute Gasteiger partial charge is 0.328 e. The summed E-state index contributed by atoms with van der Waals surface area (Å²) >= 11 is 0. The number of barbiturate groups is 1. The molecule has 2 aliphatic heterocycles. The van der Waals surface area contributed by atoms with Gasteiger partial charge in [-0.2, -0.15) is 0 Å². The Labute approximate surface area is 110 Å². The summed E-state index contributed by atoms with van der Waals surface area (Å²) in [7, 11) is 0. The van der Waals surface area contributed by atoms with Crippen LogP contribution in [-0.2, 0) is 14.4 Å². The maximum atomic E-state index is 11.4. The normalized spacial score (nSPS) is 25.9. The molecule has 2 unspecified atom stereocenters. The van der Waals surface area contributed by atoms with E-state index in [-0.39, 0.29) is 6.15 Å². The number of quaternary nitrogens is 1. The van der Waals surface area contributed by atoms with Gasteiger partial charge in [0.1, 0.15) is 6.04 Å². The van der Waals surface area contributed by atoms with Crippen LogP contribution in [0.5, 0.6) is 0 Å². The SMILES string of the molecule is O=C1NC(=O)C(=NC2C(=O)NC(=O)NC2[O-])C(=O)N1.[NH4+]. The summed E-state index contributed by atoms with van der Waals surface area (Å²) in [5.41, 5.74) is -0.795. The first kappa shape index (κ1) is 15.2. The fourth-order valence-electron chi connectivity index (χ4n) is 1.41. The van der Waals surface area contributed by atoms with Gasteiger partial charge in [0.25, 0.3) is 17.7 Å². The van der Waals surface area contributed by atoms with Crippen LogP contribution < -0.4 is 32.5 Å². The van der Waals surface area contributed by atoms with Gasteiger partial charge in [-0.1, -0.05) is 0 Å². The van der Waals surface area contributed by atoms with Crippen LogP contribution in [0.4, 0.5) is 9.59 Å². The maximum Gasteiger partial charge on any atom is 0.328 e. The van der Waals surface area contributed by atoms with Crippen molar-refractivity contribution in [2.24, 2.45) is 4.99 Å². The first-order valence-corrected chi connectivity index (χ1v) is 4.90. The van der Waals surface area contributed by atoms with Crippen molar-refractivity contribution < 1.29 is 29.1 Å². The molecule has 20 heavy (non-hydrogen) atoms. The number of rotatable bonds is 1. The van der Waals surface area contributed by atoms with Crippen molar-refractivity contribution in [1.29, 1.82) is 0 Å². The number of aliphatic imine (C=N–C) groups is 1. The Bertz CT molecular complexity index is 520. The van der Waals surface area contributed by atoms with Gasteiger partial charge in [0.15, 0.2) is 5.71 Å². The number of carbonyl (C=O) groups excluding carboxylic acids is 5. The summed E-state index contributed by atoms with van der Waals surface area (Å²) in [5.74, 6) is -3.31. The minimum Gasteiger partial charge on any atom is -0.834 e. The number of nitrogens with one attached hydrogen (secondary N) is 4. The van der Waals surface area contributed by atoms with Crippen molar-refractivity contribution in [3.05, 3.63) is 0 Å². The van der Waals surface area contributed by atoms with Gasteiger partial charge in [-0.15, -0.1) is 0 Å². The lowest BCUT2D eigenvalue weighted by Crippen LogP contribution is -2.66. The summed E-state index contributed by atoms with van der Waals surface area (Å²) in [5, 5.41) is 18.5. The number of urea groups is 2. The van der Waals surface area contributed by atoms with Gasteiger partial charge in [-0.05, 0) is 6.23 Å². The summed E-state index contributed by atoms with van der Waals surface area (Å²) in [6.45, 7) is 0. The molecular weight excluding hydrogens is 276 g/mol. The molecule has 2 saturated heterocycles. The molecule has 0 aromatic rings. The second-order valence-corrected chi connectivity index (χ2v) is 3.54. The average molecular weight is 286 g/mol. The number of hydrogen-bond acceptors (Lipinski definition) is 7. The molecule has 108 valence electrons. The highest BCUT2D eigenvalue weighted by Crippen LogP contribution is 2.02. The van der Waals surface area contributed by atoms with Crippen LogP contribution in [0, 0.1) is 0 Å². The van der Waals surface area contributed by atoms with E-state index in [0.717, 1.165) is 0 Å². The van der Waals surface area contributed by atoms with Crippen molar-refractivity contribution in [1.82, 2.24) is 27.4 Å². The van der Waals surface area contributed by atoms with E-state index < -0.39 is 47.8 Å². The minimum atomic E-state index is -1.94. The van der Waals surface area contributed by atoms with Crippen LogP contribution in [0.25, 0.3) is 0 Å². The molecule has 12 heteroatoms. The molecule has 0 bridgehead atoms. The highest BCUT2D eigenvalue weighted by Gasteiger charge is 2.34. The molecule has 2 aliphatic rings. The third-order valence-corrected chi connectivity index (χ3v) is 2.22. The molecule has 12 nitrogen and oxygen atoms in total. The van der Waals surface area contributed by atoms with Crippen molar-refractivity contribution in [3.8, 4) is 0 Å². The van der Waals surface area contributed by atoms with Gasteiger partial charge in [0.05, 0.1) is 0 Å². The van der Waals surface area contributed by atoms with Gasteiger partial charge in [0.2, 0.25) is 0 Å². The highest BCUT2D eigenvalue weighted by molar-refractivity contribution is 6.69. The van der Waals surface area contributed by atoms with Gasteiger partial charge < -0.3 is 16.6 Å². The predicted molar refractivity (Wildman–Crippen MR) is 59.4 cm³/mol. The Balaban J connectivity index is 0.00000200. The van der Waals surface area contributed by atoms with Crippen molar-refractivity contribution in [2.75, 3.05) is 0 Å². The first-order chi connectivity index (χ1) is 8.88. The van der Waals surface area contributed by atoms with Crippen LogP contribution in [0.3, 0.4) is 0 Å². The zero-order valence-corrected chi connectivity index (χ0v) is 10.1. The molecule has 0 aliphatic carbocycles. The van der Waals surface area contributed by atoms with E-state index in [9.17, 15) is 29.1 Å². The standard InChI is InChI=1S/C8H6N5O6.H3N/c14-3-1(4(15)11-7(18)10-3)9-2-5(16)12-8(19)13-6(2)17;/h1,3H,(H2,10,11,15,18)(H2,12,13,16,17,19);1H3/q-1;/p+1. The van der Waals surface area contributed by atoms with E-state index in [0.29, 0.717) is 0 Å². The fraction of sp³-hybridized carbons (Fsp3) is 0.250. The topological polar surface area (TPSA) is 205 Å². The Hall–Kier alpha value is -2.86. The summed E-state index contributed by atoms with van der Waals surface area (Å²) < 4.78 is 0. The highest BCUT2D eigenvalue weighted by atomic mass is 16.3. The zero-order valence-electron chi connectivity index (χ0n) is 10.1. The Morgan fingerprint density at radius 3 is 1.95 bits per heavy atom. The van der Waals surface area contributed by atoms with Gasteiger partial charge >= 0.3 is 12.1 Å². The van der Waals surface area contributed by atoms with Crippen molar-refractivity contribution in [3.63, 3.8) is 0 Å². The van der Waals surface area contributed by atoms with E-state index in [1.807, 2.05) is 5.32 Å². The molecule has 0 saturated carbocycles. The Kier molecular flexibility index (Phi) is 4.11. The average Bonchev–Trinajstić information content (AvgIpc) is 2.25. The van der Waals surface area contributed by atoms with E-state index in [1.54, 1.807) is 16.0 Å². The number of imide groups is 3. The second-order valence-electron chi connectivity index (χ2n) is 3.54. The third kappa shape index (κ3) is 2.76. The van der Waals surface area contributed by atoms with Gasteiger partial charge in [-0.3, -0.25) is 35.3 Å². The predicted octanol–water partition coefficient (Wildman–Crippen LogP) is -3.94. The fourth-order valence-corrected chi connectivity index (χ4v) is 1.41. The van der Waals surface area contributed by atoms with Gasteiger partial charge in [0, 0.05) is 0 Å². The third-order valence-electron chi connectivity index (χ3n) is 2.22. The second kappa shape index (κ2) is 5.41. The molecule has 2 atom stereocenters. The van der Waals surface area contributed by atoms with Crippen molar-refractivity contribution in [2.45, 2.75) is 12.3 Å². The molecule has 2 rings (SSSR count). The summed E-state index contributed by atoms with van der Waals surface area (Å²) in [6.07, 6.45) is -1.94. The molecule has 7 amide bonds. The quantitative estimate of drug-likeness (QED) is 0.325. The minimum absolute atomic E-state index is 0. The number of hydrogen-bond donors (Lipinski definition) is 5. The van der Waals surface area contributed by atoms with Crippen LogP contribution in [0.2, 0.25) is 0 Å². The molecule has 0 spiro atoms. The van der Waals surface area contributed by atoms with E-state index in [1.165, 1.54) is 0 Å². The monoisotopic (exact) mass is 286 g/mol. The van der Waals surface area contributed by atoms with E-state index >= 15 is 0 Å². The molecule has 0 radical (unpaired) electrons. The van der Waals surface area contributed by atoms with E-state index in [4.69, 9.17) is 0 Å². The zero-order chi connectivity index (χ0) is 14.2. The Morgan fingerprint density at radius 1 is 0.900 bits per heavy atom. The Morgan fingerprint density at radius 2 is 1.45 bits per heavy atom. The molecule has 2 fully saturated rings. The number of carbonyl (C=O) groups is 5. The molecule has 8 N–H and O–H groups in total. The van der Waals surface area contributed by atoms with Crippen molar-refractivity contribution >= 4 is 35.5 Å². The number of nitrogens with zero attached hydrogens (tertiary/aromatic N) is 1. The lowest BCUT2D eigenvalue weighted by molar-refractivity contribution is -0.427.